The van der Waals surface area contributed by atoms with Gasteiger partial charge in [0.1, 0.15) is 5.75 Å². The first-order chi connectivity index (χ1) is 14.8. The van der Waals surface area contributed by atoms with E-state index in [1.165, 1.54) is 0 Å². The highest BCUT2D eigenvalue weighted by Gasteiger charge is 2.19. The van der Waals surface area contributed by atoms with E-state index >= 15 is 0 Å². The van der Waals surface area contributed by atoms with Gasteiger partial charge in [0, 0.05) is 28.2 Å². The zero-order valence-electron chi connectivity index (χ0n) is 16.8. The number of carboxylic acid groups (broad SMARTS) is 1. The van der Waals surface area contributed by atoms with Crippen LogP contribution in [0.2, 0.25) is 5.02 Å². The van der Waals surface area contributed by atoms with Crippen molar-refractivity contribution in [2.75, 3.05) is 0 Å². The molecule has 0 radical (unpaired) electrons. The van der Waals surface area contributed by atoms with Crippen LogP contribution in [-0.4, -0.2) is 38.1 Å². The quantitative estimate of drug-likeness (QED) is 0.421. The zero-order valence-corrected chi connectivity index (χ0v) is 17.5. The molecule has 0 aliphatic rings. The first-order valence-corrected chi connectivity index (χ1v) is 9.96. The number of halogens is 2. The summed E-state index contributed by atoms with van der Waals surface area (Å²) in [5, 5.41) is 14.1. The van der Waals surface area contributed by atoms with Crippen molar-refractivity contribution in [2.24, 2.45) is 0 Å². The minimum Gasteiger partial charge on any atom is -0.489 e. The fraction of sp³-hybridized carbons (Fsp3) is 0.227. The fourth-order valence-electron chi connectivity index (χ4n) is 3.26. The normalized spacial score (nSPS) is 12.4. The topological polar surface area (TPSA) is 90.4 Å². The summed E-state index contributed by atoms with van der Waals surface area (Å²) in [5.41, 5.74) is 1.99. The molecule has 2 aromatic heterocycles. The molecular formula is C22H19ClFN3O4. The predicted octanol–water partition coefficient (Wildman–Crippen LogP) is 5.22. The van der Waals surface area contributed by atoms with Gasteiger partial charge < -0.3 is 18.9 Å². The molecule has 0 aliphatic carbocycles. The summed E-state index contributed by atoms with van der Waals surface area (Å²) in [7, 11) is 0. The first-order valence-electron chi connectivity index (χ1n) is 9.59. The number of rotatable bonds is 7. The largest absolute Gasteiger partial charge is 0.489 e. The summed E-state index contributed by atoms with van der Waals surface area (Å²) in [6.45, 7) is 3.54. The van der Waals surface area contributed by atoms with Crippen molar-refractivity contribution in [1.82, 2.24) is 14.7 Å². The molecule has 0 spiro atoms. The Morgan fingerprint density at radius 2 is 2.10 bits per heavy atom. The summed E-state index contributed by atoms with van der Waals surface area (Å²) in [6.07, 6.45) is -0.369. The van der Waals surface area contributed by atoms with Crippen LogP contribution in [0, 0.1) is 0 Å². The highest BCUT2D eigenvalue weighted by molar-refractivity contribution is 6.32. The van der Waals surface area contributed by atoms with Gasteiger partial charge in [-0.15, -0.1) is 0 Å². The van der Waals surface area contributed by atoms with E-state index in [0.29, 0.717) is 33.2 Å². The Balaban J connectivity index is 1.66. The Kier molecular flexibility index (Phi) is 5.65. The lowest BCUT2D eigenvalue weighted by atomic mass is 10.1. The van der Waals surface area contributed by atoms with Gasteiger partial charge in [-0.3, -0.25) is 0 Å². The molecule has 0 aliphatic heterocycles. The number of hydrogen-bond acceptors (Lipinski definition) is 5. The van der Waals surface area contributed by atoms with Crippen LogP contribution in [0.1, 0.15) is 13.8 Å². The number of alkyl halides is 1. The van der Waals surface area contributed by atoms with E-state index < -0.39 is 12.1 Å². The second-order valence-corrected chi connectivity index (χ2v) is 7.65. The van der Waals surface area contributed by atoms with Gasteiger partial charge in [-0.25, -0.2) is 9.18 Å². The van der Waals surface area contributed by atoms with E-state index in [2.05, 4.69) is 10.1 Å². The number of hydrogen-bond donors (Lipinski definition) is 1. The smallest absolute Gasteiger partial charge is 0.340 e. The van der Waals surface area contributed by atoms with Gasteiger partial charge >= 0.3 is 5.97 Å². The lowest BCUT2D eigenvalue weighted by Crippen LogP contribution is -2.20. The average Bonchev–Trinajstić information content (AvgIpc) is 3.37. The van der Waals surface area contributed by atoms with E-state index in [1.807, 2.05) is 13.8 Å². The van der Waals surface area contributed by atoms with Crippen LogP contribution in [0.5, 0.6) is 5.75 Å². The lowest BCUT2D eigenvalue weighted by molar-refractivity contribution is -0.143. The number of nitrogens with zero attached hydrogens (tertiary/aromatic N) is 3. The molecule has 2 heterocycles. The van der Waals surface area contributed by atoms with E-state index in [-0.39, 0.29) is 18.5 Å². The zero-order chi connectivity index (χ0) is 22.1. The van der Waals surface area contributed by atoms with Crippen LogP contribution in [-0.2, 0) is 11.3 Å². The Labute approximate surface area is 182 Å². The Morgan fingerprint density at radius 1 is 1.29 bits per heavy atom. The Bertz CT molecular complexity index is 1250. The van der Waals surface area contributed by atoms with Crippen LogP contribution in [0.25, 0.3) is 33.7 Å². The molecular weight excluding hydrogens is 425 g/mol. The summed E-state index contributed by atoms with van der Waals surface area (Å²) >= 11 is 6.31. The monoisotopic (exact) mass is 443 g/mol. The molecule has 4 aromatic rings. The van der Waals surface area contributed by atoms with Crippen molar-refractivity contribution in [3.63, 3.8) is 0 Å². The van der Waals surface area contributed by atoms with Crippen molar-refractivity contribution in [3.8, 4) is 28.6 Å². The number of benzene rings is 2. The van der Waals surface area contributed by atoms with Gasteiger partial charge in [0.2, 0.25) is 12.0 Å². The summed E-state index contributed by atoms with van der Waals surface area (Å²) < 4.78 is 26.3. The predicted molar refractivity (Wildman–Crippen MR) is 114 cm³/mol. The molecule has 160 valence electrons. The minimum absolute atomic E-state index is 0.00361. The number of aromatic nitrogens is 3. The minimum atomic E-state index is -2.00. The van der Waals surface area contributed by atoms with Gasteiger partial charge in [0.05, 0.1) is 17.7 Å². The third-order valence-corrected chi connectivity index (χ3v) is 4.94. The van der Waals surface area contributed by atoms with Crippen molar-refractivity contribution in [2.45, 2.75) is 32.7 Å². The molecule has 0 saturated carbocycles. The summed E-state index contributed by atoms with van der Waals surface area (Å²) in [4.78, 5) is 15.3. The number of carboxylic acids is 1. The van der Waals surface area contributed by atoms with E-state index in [9.17, 15) is 9.18 Å². The molecule has 7 nitrogen and oxygen atoms in total. The van der Waals surface area contributed by atoms with E-state index in [0.717, 1.165) is 5.39 Å². The van der Waals surface area contributed by atoms with Crippen LogP contribution in [0.15, 0.2) is 53.2 Å². The molecule has 31 heavy (non-hydrogen) atoms. The van der Waals surface area contributed by atoms with Gasteiger partial charge in [0.25, 0.3) is 5.89 Å². The van der Waals surface area contributed by atoms with E-state index in [1.54, 1.807) is 53.2 Å². The van der Waals surface area contributed by atoms with Gasteiger partial charge in [-0.05, 0) is 50.2 Å². The number of ether oxygens (including phenoxy) is 1. The summed E-state index contributed by atoms with van der Waals surface area (Å²) in [6, 6.07) is 12.4. The third-order valence-electron chi connectivity index (χ3n) is 4.65. The Hall–Kier alpha value is -3.39. The molecule has 9 heteroatoms. The number of fused-ring (bicyclic) bond motifs is 1. The lowest BCUT2D eigenvalue weighted by Gasteiger charge is -2.11. The van der Waals surface area contributed by atoms with Crippen LogP contribution in [0.3, 0.4) is 0 Å². The average molecular weight is 444 g/mol. The van der Waals surface area contributed by atoms with Gasteiger partial charge in [-0.2, -0.15) is 4.98 Å². The molecule has 1 unspecified atom stereocenters. The molecule has 0 saturated heterocycles. The summed E-state index contributed by atoms with van der Waals surface area (Å²) in [5.74, 6) is -0.281. The number of aliphatic carboxylic acids is 1. The van der Waals surface area contributed by atoms with Crippen molar-refractivity contribution in [1.29, 1.82) is 0 Å². The standard InChI is InChI=1S/C22H19ClFN3O4/c1-12(2)30-19-7-6-13(10-16(19)23)20-25-21(31-26-20)15-4-3-5-18-14(15)8-9-27(18)11-17(24)22(28)29/h3-10,12,17H,11H2,1-2H3,(H,28,29). The molecule has 0 bridgehead atoms. The molecule has 1 N–H and O–H groups in total. The molecule has 2 aromatic carbocycles. The van der Waals surface area contributed by atoms with Crippen LogP contribution in [0.4, 0.5) is 4.39 Å². The third kappa shape index (κ3) is 4.25. The Morgan fingerprint density at radius 3 is 2.81 bits per heavy atom. The highest BCUT2D eigenvalue weighted by Crippen LogP contribution is 2.33. The van der Waals surface area contributed by atoms with Crippen molar-refractivity contribution >= 4 is 28.5 Å². The first kappa shape index (κ1) is 20.9. The second-order valence-electron chi connectivity index (χ2n) is 7.25. The van der Waals surface area contributed by atoms with Crippen LogP contribution >= 0.6 is 11.6 Å². The van der Waals surface area contributed by atoms with Gasteiger partial charge in [-0.1, -0.05) is 22.8 Å². The van der Waals surface area contributed by atoms with Gasteiger partial charge in [0.15, 0.2) is 0 Å². The van der Waals surface area contributed by atoms with Crippen molar-refractivity contribution < 1.29 is 23.6 Å². The fourth-order valence-corrected chi connectivity index (χ4v) is 3.48. The van der Waals surface area contributed by atoms with E-state index in [4.69, 9.17) is 26.0 Å². The van der Waals surface area contributed by atoms with Crippen LogP contribution < -0.4 is 4.74 Å². The highest BCUT2D eigenvalue weighted by atomic mass is 35.5. The maximum atomic E-state index is 13.7. The maximum absolute atomic E-state index is 13.7. The number of carbonyl (C=O) groups is 1. The van der Waals surface area contributed by atoms with Crippen molar-refractivity contribution in [3.05, 3.63) is 53.7 Å². The molecule has 1 atom stereocenters. The SMILES string of the molecule is CC(C)Oc1ccc(-c2noc(-c3cccc4c3ccn4CC(F)C(=O)O)n2)cc1Cl. The molecule has 0 amide bonds. The second kappa shape index (κ2) is 8.39. The maximum Gasteiger partial charge on any atom is 0.340 e. The molecule has 0 fully saturated rings. The molecule has 4 rings (SSSR count).